The van der Waals surface area contributed by atoms with Gasteiger partial charge in [0, 0.05) is 12.1 Å². The molecule has 21 heavy (non-hydrogen) atoms. The number of hydrogen-bond acceptors (Lipinski definition) is 4. The number of anilines is 1. The molecule has 3 rings (SSSR count). The van der Waals surface area contributed by atoms with Gasteiger partial charge in [0.15, 0.2) is 0 Å². The number of nitrogens with zero attached hydrogens (tertiary/aromatic N) is 1. The molecular formula is C15H14Cl2N2O2. The summed E-state index contributed by atoms with van der Waals surface area (Å²) in [6.07, 6.45) is 2.42. The molecule has 2 N–H and O–H groups in total. The summed E-state index contributed by atoms with van der Waals surface area (Å²) in [5.41, 5.74) is 6.35. The zero-order chi connectivity index (χ0) is 14.8. The minimum atomic E-state index is 0.397. The molecular weight excluding hydrogens is 311 g/mol. The summed E-state index contributed by atoms with van der Waals surface area (Å²) in [5, 5.41) is 0.901. The number of pyridine rings is 1. The Morgan fingerprint density at radius 2 is 1.95 bits per heavy atom. The second kappa shape index (κ2) is 6.00. The molecule has 6 heteroatoms. The quantitative estimate of drug-likeness (QED) is 0.876. The summed E-state index contributed by atoms with van der Waals surface area (Å²) >= 11 is 11.8. The fourth-order valence-corrected chi connectivity index (χ4v) is 2.04. The average molecular weight is 325 g/mol. The molecule has 110 valence electrons. The summed E-state index contributed by atoms with van der Waals surface area (Å²) in [6.45, 7) is 0.646. The molecule has 1 aromatic carbocycles. The third-order valence-corrected chi connectivity index (χ3v) is 3.87. The van der Waals surface area contributed by atoms with E-state index in [1.165, 1.54) is 12.8 Å². The highest BCUT2D eigenvalue weighted by Crippen LogP contribution is 2.32. The fourth-order valence-electron chi connectivity index (χ4n) is 1.75. The summed E-state index contributed by atoms with van der Waals surface area (Å²) in [6, 6.07) is 8.41. The first kappa shape index (κ1) is 14.3. The lowest BCUT2D eigenvalue weighted by Crippen LogP contribution is -2.04. The Hall–Kier alpha value is -1.65. The monoisotopic (exact) mass is 324 g/mol. The van der Waals surface area contributed by atoms with Crippen molar-refractivity contribution in [1.29, 1.82) is 0 Å². The third-order valence-electron chi connectivity index (χ3n) is 3.13. The number of aromatic nitrogens is 1. The maximum atomic E-state index is 5.95. The van der Waals surface area contributed by atoms with E-state index in [-0.39, 0.29) is 0 Å². The third kappa shape index (κ3) is 3.71. The van der Waals surface area contributed by atoms with Gasteiger partial charge in [-0.3, -0.25) is 0 Å². The van der Waals surface area contributed by atoms with Crippen LogP contribution in [0, 0.1) is 5.92 Å². The molecule has 4 nitrogen and oxygen atoms in total. The van der Waals surface area contributed by atoms with Crippen molar-refractivity contribution in [1.82, 2.24) is 4.98 Å². The highest BCUT2D eigenvalue weighted by Gasteiger charge is 2.22. The molecule has 1 aliphatic carbocycles. The minimum absolute atomic E-state index is 0.397. The number of nitrogen functional groups attached to an aromatic ring is 1. The molecule has 1 heterocycles. The Morgan fingerprint density at radius 3 is 2.67 bits per heavy atom. The molecule has 0 atom stereocenters. The minimum Gasteiger partial charge on any atom is -0.476 e. The van der Waals surface area contributed by atoms with Crippen LogP contribution in [0.25, 0.3) is 0 Å². The van der Waals surface area contributed by atoms with Crippen LogP contribution in [0.4, 0.5) is 5.69 Å². The van der Waals surface area contributed by atoms with Crippen LogP contribution in [0.2, 0.25) is 10.0 Å². The maximum absolute atomic E-state index is 5.95. The van der Waals surface area contributed by atoms with Gasteiger partial charge >= 0.3 is 0 Å². The van der Waals surface area contributed by atoms with E-state index >= 15 is 0 Å². The van der Waals surface area contributed by atoms with Crippen molar-refractivity contribution in [3.8, 4) is 17.5 Å². The van der Waals surface area contributed by atoms with Gasteiger partial charge in [0.2, 0.25) is 11.8 Å². The first-order valence-corrected chi connectivity index (χ1v) is 7.39. The van der Waals surface area contributed by atoms with E-state index < -0.39 is 0 Å². The first-order valence-electron chi connectivity index (χ1n) is 6.64. The van der Waals surface area contributed by atoms with Gasteiger partial charge in [-0.15, -0.1) is 0 Å². The van der Waals surface area contributed by atoms with Crippen LogP contribution >= 0.6 is 23.2 Å². The van der Waals surface area contributed by atoms with Gasteiger partial charge in [0.25, 0.3) is 0 Å². The molecule has 0 spiro atoms. The van der Waals surface area contributed by atoms with E-state index in [1.807, 2.05) is 0 Å². The topological polar surface area (TPSA) is 57.4 Å². The second-order valence-corrected chi connectivity index (χ2v) is 5.79. The molecule has 0 unspecified atom stereocenters. The molecule has 1 aliphatic rings. The molecule has 0 amide bonds. The molecule has 0 saturated heterocycles. The first-order chi connectivity index (χ1) is 10.1. The largest absolute Gasteiger partial charge is 0.476 e. The molecule has 0 aliphatic heterocycles. The van der Waals surface area contributed by atoms with E-state index in [0.717, 1.165) is 0 Å². The summed E-state index contributed by atoms with van der Waals surface area (Å²) < 4.78 is 11.3. The summed E-state index contributed by atoms with van der Waals surface area (Å²) in [7, 11) is 0. The van der Waals surface area contributed by atoms with Gasteiger partial charge in [0.05, 0.1) is 22.3 Å². The fraction of sp³-hybridized carbons (Fsp3) is 0.267. The van der Waals surface area contributed by atoms with Gasteiger partial charge in [-0.25, -0.2) is 0 Å². The number of hydrogen-bond donors (Lipinski definition) is 1. The number of rotatable bonds is 5. The van der Waals surface area contributed by atoms with Crippen molar-refractivity contribution in [2.45, 2.75) is 12.8 Å². The zero-order valence-corrected chi connectivity index (χ0v) is 12.7. The summed E-state index contributed by atoms with van der Waals surface area (Å²) in [4.78, 5) is 4.27. The SMILES string of the molecule is Nc1ccc(Oc2ccc(Cl)c(Cl)c2)nc1OCC1CC1. The second-order valence-electron chi connectivity index (χ2n) is 4.98. The van der Waals surface area contributed by atoms with Crippen LogP contribution in [0.15, 0.2) is 30.3 Å². The predicted octanol–water partition coefficient (Wildman–Crippen LogP) is 4.55. The van der Waals surface area contributed by atoms with Gasteiger partial charge in [-0.2, -0.15) is 4.98 Å². The van der Waals surface area contributed by atoms with Crippen LogP contribution in [-0.2, 0) is 0 Å². The van der Waals surface area contributed by atoms with Crippen molar-refractivity contribution >= 4 is 28.9 Å². The highest BCUT2D eigenvalue weighted by atomic mass is 35.5. The number of benzene rings is 1. The molecule has 1 saturated carbocycles. The lowest BCUT2D eigenvalue weighted by molar-refractivity contribution is 0.286. The van der Waals surface area contributed by atoms with Crippen LogP contribution in [-0.4, -0.2) is 11.6 Å². The van der Waals surface area contributed by atoms with Gasteiger partial charge in [-0.1, -0.05) is 23.2 Å². The number of ether oxygens (including phenoxy) is 2. The van der Waals surface area contributed by atoms with E-state index in [2.05, 4.69) is 4.98 Å². The average Bonchev–Trinajstić information content (AvgIpc) is 3.28. The lowest BCUT2D eigenvalue weighted by atomic mass is 10.3. The van der Waals surface area contributed by atoms with Gasteiger partial charge in [-0.05, 0) is 37.0 Å². The Morgan fingerprint density at radius 1 is 1.14 bits per heavy atom. The van der Waals surface area contributed by atoms with E-state index in [9.17, 15) is 0 Å². The van der Waals surface area contributed by atoms with E-state index in [4.69, 9.17) is 38.4 Å². The lowest BCUT2D eigenvalue weighted by Gasteiger charge is -2.10. The van der Waals surface area contributed by atoms with Crippen LogP contribution < -0.4 is 15.2 Å². The maximum Gasteiger partial charge on any atom is 0.240 e. The number of halogens is 2. The highest BCUT2D eigenvalue weighted by molar-refractivity contribution is 6.42. The van der Waals surface area contributed by atoms with Crippen molar-refractivity contribution in [3.05, 3.63) is 40.4 Å². The Balaban J connectivity index is 1.74. The van der Waals surface area contributed by atoms with Crippen LogP contribution in [0.3, 0.4) is 0 Å². The predicted molar refractivity (Wildman–Crippen MR) is 83.4 cm³/mol. The van der Waals surface area contributed by atoms with E-state index in [0.29, 0.717) is 45.8 Å². The summed E-state index contributed by atoms with van der Waals surface area (Å²) in [5.74, 6) is 1.98. The molecule has 0 bridgehead atoms. The molecule has 2 aromatic rings. The zero-order valence-electron chi connectivity index (χ0n) is 11.2. The molecule has 1 fully saturated rings. The molecule has 0 radical (unpaired) electrons. The Kier molecular flexibility index (Phi) is 4.08. The Labute approximate surface area is 132 Å². The normalized spacial score (nSPS) is 14.0. The number of nitrogens with two attached hydrogens (primary N) is 1. The van der Waals surface area contributed by atoms with Gasteiger partial charge < -0.3 is 15.2 Å². The van der Waals surface area contributed by atoms with Crippen LogP contribution in [0.5, 0.6) is 17.5 Å². The molecule has 1 aromatic heterocycles. The standard InChI is InChI=1S/C15H14Cl2N2O2/c16-11-4-3-10(7-12(11)17)21-14-6-5-13(18)15(19-14)20-8-9-1-2-9/h3-7,9H,1-2,8,18H2. The van der Waals surface area contributed by atoms with Crippen molar-refractivity contribution in [2.75, 3.05) is 12.3 Å². The van der Waals surface area contributed by atoms with Crippen molar-refractivity contribution in [2.24, 2.45) is 5.92 Å². The van der Waals surface area contributed by atoms with Crippen LogP contribution in [0.1, 0.15) is 12.8 Å². The Bertz CT molecular complexity index is 660. The van der Waals surface area contributed by atoms with Gasteiger partial charge in [0.1, 0.15) is 5.75 Å². The smallest absolute Gasteiger partial charge is 0.240 e. The van der Waals surface area contributed by atoms with Crippen molar-refractivity contribution in [3.63, 3.8) is 0 Å². The van der Waals surface area contributed by atoms with E-state index in [1.54, 1.807) is 30.3 Å². The van der Waals surface area contributed by atoms with Crippen molar-refractivity contribution < 1.29 is 9.47 Å².